The van der Waals surface area contributed by atoms with Crippen LogP contribution in [0.1, 0.15) is 12.8 Å². The molecule has 4 aromatic rings. The van der Waals surface area contributed by atoms with Crippen molar-refractivity contribution in [3.63, 3.8) is 0 Å². The van der Waals surface area contributed by atoms with Gasteiger partial charge in [-0.3, -0.25) is 9.59 Å². The fourth-order valence-corrected chi connectivity index (χ4v) is 5.00. The molecular weight excluding hydrogens is 436 g/mol. The zero-order valence-electron chi connectivity index (χ0n) is 18.0. The van der Waals surface area contributed by atoms with Gasteiger partial charge >= 0.3 is 0 Å². The van der Waals surface area contributed by atoms with Gasteiger partial charge in [-0.05, 0) is 55.3 Å². The van der Waals surface area contributed by atoms with Crippen molar-refractivity contribution >= 4 is 44.2 Å². The number of anilines is 2. The van der Waals surface area contributed by atoms with Crippen LogP contribution in [0.5, 0.6) is 0 Å². The van der Waals surface area contributed by atoms with E-state index in [1.165, 1.54) is 0 Å². The molecule has 1 aliphatic heterocycles. The van der Waals surface area contributed by atoms with Gasteiger partial charge in [0, 0.05) is 31.2 Å². The largest absolute Gasteiger partial charge is 0.347 e. The molecule has 1 fully saturated rings. The van der Waals surface area contributed by atoms with Crippen molar-refractivity contribution in [3.05, 3.63) is 67.0 Å². The average molecular weight is 461 g/mol. The van der Waals surface area contributed by atoms with Gasteiger partial charge in [0.15, 0.2) is 5.13 Å². The van der Waals surface area contributed by atoms with Crippen LogP contribution >= 0.6 is 11.3 Å². The molecule has 0 saturated carbocycles. The zero-order chi connectivity index (χ0) is 22.6. The van der Waals surface area contributed by atoms with Crippen LogP contribution < -0.4 is 15.5 Å². The average Bonchev–Trinajstić information content (AvgIpc) is 3.53. The number of rotatable bonds is 6. The maximum Gasteiger partial charge on any atom is 0.243 e. The summed E-state index contributed by atoms with van der Waals surface area (Å²) in [6.45, 7) is 1.44. The number of carbonyl (C=O) groups is 2. The molecular formula is C24H24N6O2S. The second-order valence-corrected chi connectivity index (χ2v) is 9.02. The Bertz CT molecular complexity index is 1220. The van der Waals surface area contributed by atoms with Crippen LogP contribution in [0.15, 0.2) is 67.0 Å². The first-order chi connectivity index (χ1) is 16.2. The summed E-state index contributed by atoms with van der Waals surface area (Å²) in [7, 11) is 0. The molecule has 2 aromatic heterocycles. The van der Waals surface area contributed by atoms with Crippen molar-refractivity contribution in [2.45, 2.75) is 12.8 Å². The molecule has 2 amide bonds. The number of carbonyl (C=O) groups excluding carboxylic acids is 2. The van der Waals surface area contributed by atoms with Gasteiger partial charge in [0.2, 0.25) is 11.8 Å². The first kappa shape index (κ1) is 21.1. The summed E-state index contributed by atoms with van der Waals surface area (Å²) in [6, 6.07) is 17.3. The molecule has 9 heteroatoms. The molecule has 0 aliphatic carbocycles. The Morgan fingerprint density at radius 1 is 1.09 bits per heavy atom. The Hall–Kier alpha value is -3.72. The van der Waals surface area contributed by atoms with Crippen LogP contribution in [0.3, 0.4) is 0 Å². The van der Waals surface area contributed by atoms with Crippen LogP contribution in [0.25, 0.3) is 15.9 Å². The first-order valence-electron chi connectivity index (χ1n) is 10.9. The molecule has 5 rings (SSSR count). The van der Waals surface area contributed by atoms with Crippen molar-refractivity contribution in [3.8, 4) is 5.69 Å². The van der Waals surface area contributed by atoms with Gasteiger partial charge < -0.3 is 15.5 Å². The normalized spacial score (nSPS) is 16.0. The molecule has 2 N–H and O–H groups in total. The standard InChI is InChI=1S/C24H24N6O2S/c31-22(27-18-8-10-19(11-9-18)30-14-4-12-26-30)15-25-23(32)17-5-3-13-29(16-17)24-28-20-6-1-2-7-21(20)33-24/h1-2,4,6-12,14,17H,3,5,13,15-16H2,(H,25,32)(H,27,31). The predicted molar refractivity (Wildman–Crippen MR) is 130 cm³/mol. The number of fused-ring (bicyclic) bond motifs is 1. The number of nitrogens with zero attached hydrogens (tertiary/aromatic N) is 4. The highest BCUT2D eigenvalue weighted by atomic mass is 32.1. The number of para-hydroxylation sites is 1. The number of aromatic nitrogens is 3. The van der Waals surface area contributed by atoms with Crippen molar-refractivity contribution in [2.75, 3.05) is 29.9 Å². The number of nitrogens with one attached hydrogen (secondary N) is 2. The lowest BCUT2D eigenvalue weighted by molar-refractivity contribution is -0.127. The lowest BCUT2D eigenvalue weighted by Crippen LogP contribution is -2.44. The summed E-state index contributed by atoms with van der Waals surface area (Å²) >= 11 is 1.65. The smallest absolute Gasteiger partial charge is 0.243 e. The lowest BCUT2D eigenvalue weighted by Gasteiger charge is -2.31. The number of hydrogen-bond acceptors (Lipinski definition) is 6. The molecule has 1 unspecified atom stereocenters. The van der Waals surface area contributed by atoms with E-state index in [1.807, 2.05) is 54.7 Å². The molecule has 168 valence electrons. The Morgan fingerprint density at radius 2 is 1.94 bits per heavy atom. The molecule has 0 radical (unpaired) electrons. The highest BCUT2D eigenvalue weighted by molar-refractivity contribution is 7.22. The number of hydrogen-bond donors (Lipinski definition) is 2. The molecule has 0 bridgehead atoms. The van der Waals surface area contributed by atoms with Gasteiger partial charge in [-0.25, -0.2) is 9.67 Å². The molecule has 1 saturated heterocycles. The molecule has 8 nitrogen and oxygen atoms in total. The van der Waals surface area contributed by atoms with Crippen LogP contribution in [0.2, 0.25) is 0 Å². The Labute approximate surface area is 195 Å². The van der Waals surface area contributed by atoms with E-state index < -0.39 is 0 Å². The Balaban J connectivity index is 1.13. The third-order valence-corrected chi connectivity index (χ3v) is 6.79. The minimum absolute atomic E-state index is 0.0582. The van der Waals surface area contributed by atoms with E-state index in [4.69, 9.17) is 4.98 Å². The van der Waals surface area contributed by atoms with E-state index in [-0.39, 0.29) is 24.3 Å². The minimum Gasteiger partial charge on any atom is -0.347 e. The maximum atomic E-state index is 12.7. The summed E-state index contributed by atoms with van der Waals surface area (Å²) in [5.74, 6) is -0.508. The SMILES string of the molecule is O=C(CNC(=O)C1CCCN(c2nc3ccccc3s2)C1)Nc1ccc(-n2cccn2)cc1. The number of piperidine rings is 1. The number of benzene rings is 2. The second-order valence-electron chi connectivity index (χ2n) is 8.01. The van der Waals surface area contributed by atoms with Crippen molar-refractivity contribution in [1.29, 1.82) is 0 Å². The molecule has 3 heterocycles. The number of thiazole rings is 1. The minimum atomic E-state index is -0.256. The van der Waals surface area contributed by atoms with Gasteiger partial charge in [-0.1, -0.05) is 23.5 Å². The topological polar surface area (TPSA) is 92.1 Å². The summed E-state index contributed by atoms with van der Waals surface area (Å²) < 4.78 is 2.89. The highest BCUT2D eigenvalue weighted by Gasteiger charge is 2.27. The van der Waals surface area contributed by atoms with E-state index in [0.29, 0.717) is 12.2 Å². The summed E-state index contributed by atoms with van der Waals surface area (Å²) in [5.41, 5.74) is 2.56. The van der Waals surface area contributed by atoms with E-state index in [9.17, 15) is 9.59 Å². The quantitative estimate of drug-likeness (QED) is 0.460. The van der Waals surface area contributed by atoms with Crippen LogP contribution in [0, 0.1) is 5.92 Å². The molecule has 0 spiro atoms. The van der Waals surface area contributed by atoms with E-state index in [2.05, 4.69) is 26.7 Å². The van der Waals surface area contributed by atoms with Crippen molar-refractivity contribution in [2.24, 2.45) is 5.92 Å². The maximum absolute atomic E-state index is 12.7. The summed E-state index contributed by atoms with van der Waals surface area (Å²) in [4.78, 5) is 32.0. The van der Waals surface area contributed by atoms with Gasteiger partial charge in [-0.15, -0.1) is 0 Å². The van der Waals surface area contributed by atoms with Gasteiger partial charge in [0.05, 0.1) is 28.4 Å². The van der Waals surface area contributed by atoms with Crippen molar-refractivity contribution < 1.29 is 9.59 Å². The molecule has 1 aliphatic rings. The third-order valence-electron chi connectivity index (χ3n) is 5.69. The van der Waals surface area contributed by atoms with Crippen LogP contribution in [0.4, 0.5) is 10.8 Å². The Morgan fingerprint density at radius 3 is 2.73 bits per heavy atom. The molecule has 1 atom stereocenters. The second kappa shape index (κ2) is 9.41. The molecule has 33 heavy (non-hydrogen) atoms. The van der Waals surface area contributed by atoms with Crippen LogP contribution in [-0.4, -0.2) is 46.2 Å². The number of amides is 2. The fraction of sp³-hybridized carbons (Fsp3) is 0.250. The van der Waals surface area contributed by atoms with E-state index >= 15 is 0 Å². The van der Waals surface area contributed by atoms with Crippen LogP contribution in [-0.2, 0) is 9.59 Å². The monoisotopic (exact) mass is 460 g/mol. The predicted octanol–water partition coefficient (Wildman–Crippen LogP) is 3.45. The molecule has 2 aromatic carbocycles. The van der Waals surface area contributed by atoms with E-state index in [1.54, 1.807) is 22.2 Å². The summed E-state index contributed by atoms with van der Waals surface area (Å²) in [5, 5.41) is 10.7. The van der Waals surface area contributed by atoms with Gasteiger partial charge in [0.1, 0.15) is 0 Å². The highest BCUT2D eigenvalue weighted by Crippen LogP contribution is 2.31. The van der Waals surface area contributed by atoms with Gasteiger partial charge in [0.25, 0.3) is 0 Å². The Kier molecular flexibility index (Phi) is 6.03. The third kappa shape index (κ3) is 4.88. The van der Waals surface area contributed by atoms with Crippen molar-refractivity contribution in [1.82, 2.24) is 20.1 Å². The zero-order valence-corrected chi connectivity index (χ0v) is 18.8. The summed E-state index contributed by atoms with van der Waals surface area (Å²) in [6.07, 6.45) is 5.29. The lowest BCUT2D eigenvalue weighted by atomic mass is 9.97. The van der Waals surface area contributed by atoms with E-state index in [0.717, 1.165) is 40.4 Å². The fourth-order valence-electron chi connectivity index (χ4n) is 4.00. The van der Waals surface area contributed by atoms with Gasteiger partial charge in [-0.2, -0.15) is 5.10 Å². The first-order valence-corrected chi connectivity index (χ1v) is 11.8.